The Labute approximate surface area is 166 Å². The molecule has 1 atom stereocenters. The Balaban J connectivity index is 1.25. The summed E-state index contributed by atoms with van der Waals surface area (Å²) in [7, 11) is 0. The summed E-state index contributed by atoms with van der Waals surface area (Å²) in [5.74, 6) is 0.906. The molecule has 7 nitrogen and oxygen atoms in total. The van der Waals surface area contributed by atoms with E-state index in [0.717, 1.165) is 32.1 Å². The molecule has 3 fully saturated rings. The second kappa shape index (κ2) is 8.92. The summed E-state index contributed by atoms with van der Waals surface area (Å²) in [5, 5.41) is 5.75. The van der Waals surface area contributed by atoms with Crippen LogP contribution in [0, 0.1) is 5.92 Å². The number of anilines is 1. The number of nitrogens with one attached hydrogen (secondary N) is 2. The van der Waals surface area contributed by atoms with Crippen molar-refractivity contribution in [2.75, 3.05) is 50.7 Å². The highest BCUT2D eigenvalue weighted by atomic mass is 16.5. The third kappa shape index (κ3) is 4.83. The minimum Gasteiger partial charge on any atom is -0.481 e. The average Bonchev–Trinajstić information content (AvgIpc) is 2.72. The maximum absolute atomic E-state index is 11.8. The molecule has 2 N–H and O–H groups in total. The van der Waals surface area contributed by atoms with Crippen molar-refractivity contribution in [3.8, 4) is 5.75 Å². The van der Waals surface area contributed by atoms with Gasteiger partial charge in [-0.25, -0.2) is 0 Å². The number of piperazine rings is 1. The molecule has 4 rings (SSSR count). The Hall–Kier alpha value is -2.12. The van der Waals surface area contributed by atoms with Crippen LogP contribution in [0.2, 0.25) is 0 Å². The van der Waals surface area contributed by atoms with Gasteiger partial charge in [-0.2, -0.15) is 0 Å². The monoisotopic (exact) mass is 386 g/mol. The molecule has 0 bridgehead atoms. The Morgan fingerprint density at radius 3 is 2.36 bits per heavy atom. The molecule has 28 heavy (non-hydrogen) atoms. The van der Waals surface area contributed by atoms with Crippen LogP contribution in [-0.2, 0) is 9.59 Å². The van der Waals surface area contributed by atoms with Crippen molar-refractivity contribution >= 4 is 17.5 Å². The van der Waals surface area contributed by atoms with E-state index in [-0.39, 0.29) is 11.8 Å². The lowest BCUT2D eigenvalue weighted by atomic mass is 9.95. The van der Waals surface area contributed by atoms with Crippen LogP contribution in [0.15, 0.2) is 24.3 Å². The van der Waals surface area contributed by atoms with E-state index in [2.05, 4.69) is 32.6 Å². The van der Waals surface area contributed by atoms with Crippen LogP contribution >= 0.6 is 0 Å². The van der Waals surface area contributed by atoms with Crippen molar-refractivity contribution in [3.63, 3.8) is 0 Å². The van der Waals surface area contributed by atoms with E-state index in [9.17, 15) is 9.59 Å². The van der Waals surface area contributed by atoms with Crippen LogP contribution in [0.3, 0.4) is 0 Å². The van der Waals surface area contributed by atoms with E-state index in [1.54, 1.807) is 0 Å². The van der Waals surface area contributed by atoms with Gasteiger partial charge in [-0.3, -0.25) is 14.9 Å². The second-order valence-corrected chi connectivity index (χ2v) is 8.03. The first-order valence-corrected chi connectivity index (χ1v) is 10.5. The van der Waals surface area contributed by atoms with Crippen LogP contribution in [0.5, 0.6) is 5.75 Å². The Bertz CT molecular complexity index is 679. The number of ether oxygens (including phenoxy) is 1. The summed E-state index contributed by atoms with van der Waals surface area (Å²) in [5.41, 5.74) is 1.20. The lowest BCUT2D eigenvalue weighted by Gasteiger charge is -2.37. The molecule has 0 radical (unpaired) electrons. The third-order valence-electron chi connectivity index (χ3n) is 6.01. The highest BCUT2D eigenvalue weighted by Gasteiger charge is 2.28. The molecule has 3 saturated heterocycles. The summed E-state index contributed by atoms with van der Waals surface area (Å²) in [4.78, 5) is 28.1. The standard InChI is InChI=1S/C21H30N4O3/c26-20-6-5-19(21(27)23-20)28-18-3-1-17(2-4-18)25-11-7-16(8-12-25)15-24-13-9-22-10-14-24/h1-4,16,19,22H,5-15H2,(H,23,26,27). The van der Waals surface area contributed by atoms with E-state index in [1.165, 1.54) is 38.2 Å². The molecule has 0 spiro atoms. The zero-order chi connectivity index (χ0) is 19.3. The number of hydrogen-bond donors (Lipinski definition) is 2. The summed E-state index contributed by atoms with van der Waals surface area (Å²) in [6, 6.07) is 7.98. The molecule has 0 aromatic heterocycles. The van der Waals surface area contributed by atoms with Gasteiger partial charge < -0.3 is 19.9 Å². The van der Waals surface area contributed by atoms with E-state index in [0.29, 0.717) is 18.6 Å². The predicted octanol–water partition coefficient (Wildman–Crippen LogP) is 0.992. The molecular weight excluding hydrogens is 356 g/mol. The van der Waals surface area contributed by atoms with Crippen molar-refractivity contribution in [1.82, 2.24) is 15.5 Å². The SMILES string of the molecule is O=C1CCC(Oc2ccc(N3CCC(CN4CCNCC4)CC3)cc2)C(=O)N1. The Morgan fingerprint density at radius 1 is 0.964 bits per heavy atom. The van der Waals surface area contributed by atoms with E-state index >= 15 is 0 Å². The van der Waals surface area contributed by atoms with Crippen molar-refractivity contribution in [2.45, 2.75) is 31.8 Å². The fourth-order valence-electron chi connectivity index (χ4n) is 4.32. The molecule has 7 heteroatoms. The first-order valence-electron chi connectivity index (χ1n) is 10.5. The van der Waals surface area contributed by atoms with Gasteiger partial charge in [0.05, 0.1) is 0 Å². The van der Waals surface area contributed by atoms with Crippen LogP contribution < -0.4 is 20.3 Å². The minimum absolute atomic E-state index is 0.222. The van der Waals surface area contributed by atoms with Gasteiger partial charge in [0.25, 0.3) is 5.91 Å². The molecule has 1 unspecified atom stereocenters. The second-order valence-electron chi connectivity index (χ2n) is 8.03. The quantitative estimate of drug-likeness (QED) is 0.736. The normalized spacial score (nSPS) is 24.9. The molecule has 152 valence electrons. The predicted molar refractivity (Wildman–Crippen MR) is 107 cm³/mol. The number of amides is 2. The third-order valence-corrected chi connectivity index (χ3v) is 6.01. The van der Waals surface area contributed by atoms with Gasteiger partial charge in [0.1, 0.15) is 5.75 Å². The summed E-state index contributed by atoms with van der Waals surface area (Å²) in [6.07, 6.45) is 2.66. The largest absolute Gasteiger partial charge is 0.481 e. The van der Waals surface area contributed by atoms with Gasteiger partial charge in [0.15, 0.2) is 6.10 Å². The zero-order valence-electron chi connectivity index (χ0n) is 16.4. The van der Waals surface area contributed by atoms with E-state index in [1.807, 2.05) is 12.1 Å². The zero-order valence-corrected chi connectivity index (χ0v) is 16.4. The van der Waals surface area contributed by atoms with Gasteiger partial charge in [0, 0.05) is 64.3 Å². The van der Waals surface area contributed by atoms with Gasteiger partial charge >= 0.3 is 0 Å². The maximum Gasteiger partial charge on any atom is 0.267 e. The number of benzene rings is 1. The molecule has 3 heterocycles. The van der Waals surface area contributed by atoms with E-state index < -0.39 is 6.10 Å². The topological polar surface area (TPSA) is 73.9 Å². The molecule has 3 aliphatic heterocycles. The number of rotatable bonds is 5. The van der Waals surface area contributed by atoms with Crippen LogP contribution in [0.4, 0.5) is 5.69 Å². The van der Waals surface area contributed by atoms with Gasteiger partial charge in [0.2, 0.25) is 5.91 Å². The molecule has 3 aliphatic rings. The summed E-state index contributed by atoms with van der Waals surface area (Å²) >= 11 is 0. The lowest BCUT2D eigenvalue weighted by molar-refractivity contribution is -0.138. The van der Waals surface area contributed by atoms with Crippen LogP contribution in [0.1, 0.15) is 25.7 Å². The molecule has 1 aromatic carbocycles. The number of hydrogen-bond acceptors (Lipinski definition) is 6. The highest BCUT2D eigenvalue weighted by Crippen LogP contribution is 2.26. The average molecular weight is 386 g/mol. The summed E-state index contributed by atoms with van der Waals surface area (Å²) in [6.45, 7) is 7.99. The molecule has 1 aromatic rings. The number of carbonyl (C=O) groups is 2. The lowest BCUT2D eigenvalue weighted by Crippen LogP contribution is -2.47. The van der Waals surface area contributed by atoms with Crippen molar-refractivity contribution in [2.24, 2.45) is 5.92 Å². The van der Waals surface area contributed by atoms with Crippen molar-refractivity contribution in [3.05, 3.63) is 24.3 Å². The molecule has 0 aliphatic carbocycles. The fraction of sp³-hybridized carbons (Fsp3) is 0.619. The highest BCUT2D eigenvalue weighted by molar-refractivity contribution is 5.99. The number of imide groups is 1. The molecule has 0 saturated carbocycles. The Morgan fingerprint density at radius 2 is 1.68 bits per heavy atom. The van der Waals surface area contributed by atoms with E-state index in [4.69, 9.17) is 4.74 Å². The number of nitrogens with zero attached hydrogens (tertiary/aromatic N) is 2. The Kier molecular flexibility index (Phi) is 6.12. The fourth-order valence-corrected chi connectivity index (χ4v) is 4.32. The van der Waals surface area contributed by atoms with Gasteiger partial charge in [-0.15, -0.1) is 0 Å². The van der Waals surface area contributed by atoms with Gasteiger partial charge in [-0.05, 0) is 43.0 Å². The number of carbonyl (C=O) groups excluding carboxylic acids is 2. The molecule has 2 amide bonds. The van der Waals surface area contributed by atoms with Crippen molar-refractivity contribution in [1.29, 1.82) is 0 Å². The minimum atomic E-state index is -0.579. The van der Waals surface area contributed by atoms with Crippen LogP contribution in [0.25, 0.3) is 0 Å². The summed E-state index contributed by atoms with van der Waals surface area (Å²) < 4.78 is 5.77. The van der Waals surface area contributed by atoms with Crippen LogP contribution in [-0.4, -0.2) is 68.6 Å². The van der Waals surface area contributed by atoms with Crippen molar-refractivity contribution < 1.29 is 14.3 Å². The van der Waals surface area contributed by atoms with Gasteiger partial charge in [-0.1, -0.05) is 0 Å². The smallest absolute Gasteiger partial charge is 0.267 e. The molecular formula is C21H30N4O3. The first kappa shape index (κ1) is 19.2. The maximum atomic E-state index is 11.8. The number of piperidine rings is 2. The first-order chi connectivity index (χ1) is 13.7.